The van der Waals surface area contributed by atoms with Crippen LogP contribution in [0.5, 0.6) is 0 Å². The zero-order valence-corrected chi connectivity index (χ0v) is 13.4. The summed E-state index contributed by atoms with van der Waals surface area (Å²) in [5, 5.41) is 8.51. The van der Waals surface area contributed by atoms with Gasteiger partial charge in [-0.1, -0.05) is 70.4 Å². The van der Waals surface area contributed by atoms with Crippen molar-refractivity contribution in [3.63, 3.8) is 0 Å². The summed E-state index contributed by atoms with van der Waals surface area (Å²) in [7, 11) is 0. The Balaban J connectivity index is 0. The maximum absolute atomic E-state index is 10.3. The van der Waals surface area contributed by atoms with Crippen molar-refractivity contribution in [2.24, 2.45) is 0 Å². The molecular weight excluding hydrogens is 287 g/mol. The monoisotopic (exact) mass is 322 g/mol. The Bertz CT molecular complexity index is 239. The SMILES string of the molecule is CCCCCCCC/C=C\CCCCCCCC(=O)O.[KH]. The van der Waals surface area contributed by atoms with Crippen LogP contribution in [0, 0.1) is 0 Å². The van der Waals surface area contributed by atoms with E-state index in [0.717, 1.165) is 12.8 Å². The first kappa shape index (κ1) is 24.1. The van der Waals surface area contributed by atoms with E-state index >= 15 is 0 Å². The molecule has 0 saturated heterocycles. The van der Waals surface area contributed by atoms with E-state index in [9.17, 15) is 4.79 Å². The van der Waals surface area contributed by atoms with Gasteiger partial charge in [0.2, 0.25) is 0 Å². The molecule has 0 bridgehead atoms. The van der Waals surface area contributed by atoms with Gasteiger partial charge in [0.25, 0.3) is 0 Å². The van der Waals surface area contributed by atoms with Crippen molar-refractivity contribution >= 4 is 57.4 Å². The fraction of sp³-hybridized carbons (Fsp3) is 0.833. The van der Waals surface area contributed by atoms with E-state index in [1.807, 2.05) is 0 Å². The number of rotatable bonds is 15. The Labute approximate surface area is 174 Å². The topological polar surface area (TPSA) is 37.3 Å². The third-order valence-electron chi connectivity index (χ3n) is 3.65. The van der Waals surface area contributed by atoms with Gasteiger partial charge in [0.15, 0.2) is 0 Å². The van der Waals surface area contributed by atoms with Gasteiger partial charge in [0, 0.05) is 6.42 Å². The first-order valence-electron chi connectivity index (χ1n) is 8.64. The van der Waals surface area contributed by atoms with Crippen LogP contribution in [0.1, 0.15) is 96.8 Å². The molecule has 0 unspecified atom stereocenters. The molecule has 0 atom stereocenters. The molecule has 0 aliphatic heterocycles. The number of aliphatic carboxylic acids is 1. The molecule has 0 aliphatic rings. The molecule has 0 fully saturated rings. The van der Waals surface area contributed by atoms with Crippen molar-refractivity contribution < 1.29 is 9.90 Å². The fourth-order valence-electron chi connectivity index (χ4n) is 2.35. The molecule has 0 aliphatic carbocycles. The van der Waals surface area contributed by atoms with Crippen LogP contribution in [0.2, 0.25) is 0 Å². The fourth-order valence-corrected chi connectivity index (χ4v) is 2.35. The Kier molecular flexibility index (Phi) is 23.9. The standard InChI is InChI=1S/C18H34O2.K.H/c1-2-3-4-5-6-7-8-9-10-11-12-13-14-15-16-17-18(19)20;;/h9-10H,2-8,11-17H2,1H3,(H,19,20);;/b10-9-;;. The predicted octanol–water partition coefficient (Wildman–Crippen LogP) is 5.46. The number of carboxylic acid groups (broad SMARTS) is 1. The van der Waals surface area contributed by atoms with Crippen molar-refractivity contribution in [2.45, 2.75) is 96.8 Å². The van der Waals surface area contributed by atoms with E-state index in [1.54, 1.807) is 0 Å². The van der Waals surface area contributed by atoms with E-state index in [4.69, 9.17) is 5.11 Å². The van der Waals surface area contributed by atoms with Gasteiger partial charge in [-0.15, -0.1) is 0 Å². The summed E-state index contributed by atoms with van der Waals surface area (Å²) in [5.41, 5.74) is 0. The average molecular weight is 323 g/mol. The number of unbranched alkanes of at least 4 members (excludes halogenated alkanes) is 11. The van der Waals surface area contributed by atoms with Gasteiger partial charge >= 0.3 is 57.4 Å². The summed E-state index contributed by atoms with van der Waals surface area (Å²) in [4.78, 5) is 10.3. The summed E-state index contributed by atoms with van der Waals surface area (Å²) in [6, 6.07) is 0. The van der Waals surface area contributed by atoms with Gasteiger partial charge in [-0.3, -0.25) is 4.79 Å². The second kappa shape index (κ2) is 20.8. The second-order valence-electron chi connectivity index (χ2n) is 5.73. The third kappa shape index (κ3) is 23.2. The molecule has 0 amide bonds. The van der Waals surface area contributed by atoms with E-state index in [2.05, 4.69) is 19.1 Å². The molecule has 0 aromatic heterocycles. The van der Waals surface area contributed by atoms with E-state index in [-0.39, 0.29) is 51.4 Å². The Morgan fingerprint density at radius 2 is 1.19 bits per heavy atom. The molecule has 0 aromatic rings. The van der Waals surface area contributed by atoms with Crippen molar-refractivity contribution in [2.75, 3.05) is 0 Å². The molecule has 0 spiro atoms. The summed E-state index contributed by atoms with van der Waals surface area (Å²) >= 11 is 0. The Morgan fingerprint density at radius 1 is 0.762 bits per heavy atom. The quantitative estimate of drug-likeness (QED) is 0.247. The van der Waals surface area contributed by atoms with Gasteiger partial charge in [-0.2, -0.15) is 0 Å². The summed E-state index contributed by atoms with van der Waals surface area (Å²) in [6.07, 6.45) is 21.2. The van der Waals surface area contributed by atoms with Crippen LogP contribution < -0.4 is 0 Å². The summed E-state index contributed by atoms with van der Waals surface area (Å²) < 4.78 is 0. The van der Waals surface area contributed by atoms with E-state index < -0.39 is 5.97 Å². The van der Waals surface area contributed by atoms with Crippen LogP contribution in [0.3, 0.4) is 0 Å². The molecule has 0 heterocycles. The normalized spacial score (nSPS) is 10.7. The number of carbonyl (C=O) groups is 1. The van der Waals surface area contributed by atoms with Crippen LogP contribution in [0.15, 0.2) is 12.2 Å². The zero-order valence-electron chi connectivity index (χ0n) is 13.4. The summed E-state index contributed by atoms with van der Waals surface area (Å²) in [6.45, 7) is 2.26. The Hall–Kier alpha value is 0.846. The summed E-state index contributed by atoms with van der Waals surface area (Å²) in [5.74, 6) is -0.664. The molecule has 2 nitrogen and oxygen atoms in total. The molecule has 0 aromatic carbocycles. The molecule has 120 valence electrons. The average Bonchev–Trinajstić information content (AvgIpc) is 2.43. The second-order valence-corrected chi connectivity index (χ2v) is 5.73. The van der Waals surface area contributed by atoms with E-state index in [1.165, 1.54) is 70.6 Å². The van der Waals surface area contributed by atoms with Crippen LogP contribution in [0.25, 0.3) is 0 Å². The Morgan fingerprint density at radius 3 is 1.67 bits per heavy atom. The first-order valence-corrected chi connectivity index (χ1v) is 8.64. The van der Waals surface area contributed by atoms with Gasteiger partial charge in [-0.25, -0.2) is 0 Å². The molecule has 0 saturated carbocycles. The van der Waals surface area contributed by atoms with Crippen molar-refractivity contribution in [1.29, 1.82) is 0 Å². The predicted molar refractivity (Wildman–Crippen MR) is 94.2 cm³/mol. The molecule has 0 radical (unpaired) electrons. The van der Waals surface area contributed by atoms with Crippen molar-refractivity contribution in [3.05, 3.63) is 12.2 Å². The van der Waals surface area contributed by atoms with Crippen molar-refractivity contribution in [1.82, 2.24) is 0 Å². The number of hydrogen-bond donors (Lipinski definition) is 1. The van der Waals surface area contributed by atoms with Crippen LogP contribution in [-0.2, 0) is 4.79 Å². The van der Waals surface area contributed by atoms with Crippen LogP contribution in [0.4, 0.5) is 0 Å². The molecule has 0 rings (SSSR count). The zero-order chi connectivity index (χ0) is 14.9. The van der Waals surface area contributed by atoms with Gasteiger partial charge < -0.3 is 5.11 Å². The molecule has 3 heteroatoms. The van der Waals surface area contributed by atoms with Gasteiger partial charge in [0.05, 0.1) is 0 Å². The molecule has 1 N–H and O–H groups in total. The number of hydrogen-bond acceptors (Lipinski definition) is 1. The van der Waals surface area contributed by atoms with E-state index in [0.29, 0.717) is 6.42 Å². The number of allylic oxidation sites excluding steroid dienone is 2. The molecular formula is C18H35KO2. The first-order chi connectivity index (χ1) is 9.77. The van der Waals surface area contributed by atoms with Crippen molar-refractivity contribution in [3.8, 4) is 0 Å². The van der Waals surface area contributed by atoms with Crippen LogP contribution >= 0.6 is 0 Å². The molecule has 21 heavy (non-hydrogen) atoms. The maximum atomic E-state index is 10.3. The minimum absolute atomic E-state index is 0. The van der Waals surface area contributed by atoms with Gasteiger partial charge in [-0.05, 0) is 32.1 Å². The number of carboxylic acids is 1. The third-order valence-corrected chi connectivity index (χ3v) is 3.65. The minimum atomic E-state index is -0.664. The van der Waals surface area contributed by atoms with Crippen LogP contribution in [-0.4, -0.2) is 62.5 Å². The van der Waals surface area contributed by atoms with Gasteiger partial charge in [0.1, 0.15) is 0 Å².